The normalized spacial score (nSPS) is 11.5. The number of rotatable bonds is 7. The summed E-state index contributed by atoms with van der Waals surface area (Å²) in [6, 6.07) is 84.7. The van der Waals surface area contributed by atoms with Gasteiger partial charge in [-0.05, 0) is 121 Å². The van der Waals surface area contributed by atoms with Crippen molar-refractivity contribution in [2.45, 2.75) is 0 Å². The maximum absolute atomic E-state index is 7.25. The van der Waals surface area contributed by atoms with Crippen LogP contribution >= 0.6 is 0 Å². The Morgan fingerprint density at radius 3 is 1.17 bits per heavy atom. The van der Waals surface area contributed by atoms with Crippen molar-refractivity contribution in [3.63, 3.8) is 0 Å². The zero-order chi connectivity index (χ0) is 39.8. The number of para-hydroxylation sites is 1. The number of hydrogen-bond acceptors (Lipinski definition) is 2. The molecule has 0 spiro atoms. The Kier molecular flexibility index (Phi) is 8.87. The average molecular weight is 766 g/mol. The number of ether oxygens (including phenoxy) is 1. The highest BCUT2D eigenvalue weighted by atomic mass is 16.5. The summed E-state index contributed by atoms with van der Waals surface area (Å²) in [7, 11) is 0. The predicted molar refractivity (Wildman–Crippen MR) is 251 cm³/mol. The van der Waals surface area contributed by atoms with Gasteiger partial charge in [0, 0.05) is 22.5 Å². The topological polar surface area (TPSA) is 12.5 Å². The van der Waals surface area contributed by atoms with Crippen molar-refractivity contribution in [3.05, 3.63) is 237 Å². The van der Waals surface area contributed by atoms with E-state index in [9.17, 15) is 0 Å². The molecule has 1 heterocycles. The second kappa shape index (κ2) is 15.1. The number of nitrogens with zero attached hydrogens (tertiary/aromatic N) is 1. The van der Waals surface area contributed by atoms with Crippen LogP contribution in [0.4, 0.5) is 17.1 Å². The first-order chi connectivity index (χ1) is 29.7. The van der Waals surface area contributed by atoms with Crippen molar-refractivity contribution in [2.75, 3.05) is 4.90 Å². The first-order valence-electron chi connectivity index (χ1n) is 20.5. The fourth-order valence-corrected chi connectivity index (χ4v) is 8.61. The van der Waals surface area contributed by atoms with Gasteiger partial charge in [0.05, 0.1) is 5.69 Å². The maximum atomic E-state index is 7.25. The molecule has 0 N–H and O–H groups in total. The van der Waals surface area contributed by atoms with Crippen LogP contribution in [-0.2, 0) is 0 Å². The molecular formula is C58H39NO. The average Bonchev–Trinajstić information content (AvgIpc) is 3.46. The van der Waals surface area contributed by atoms with Crippen LogP contribution in [-0.4, -0.2) is 0 Å². The molecule has 60 heavy (non-hydrogen) atoms. The van der Waals surface area contributed by atoms with Crippen molar-refractivity contribution >= 4 is 27.8 Å². The molecule has 2 nitrogen and oxygen atoms in total. The number of hydrogen-bond donors (Lipinski definition) is 0. The molecule has 0 radical (unpaired) electrons. The molecule has 1 aliphatic heterocycles. The van der Waals surface area contributed by atoms with E-state index in [1.807, 2.05) is 0 Å². The summed E-state index contributed by atoms with van der Waals surface area (Å²) in [5, 5.41) is 2.39. The molecule has 2 heteroatoms. The Bertz CT molecular complexity index is 3120. The van der Waals surface area contributed by atoms with E-state index >= 15 is 0 Å². The highest BCUT2D eigenvalue weighted by molar-refractivity contribution is 6.02. The largest absolute Gasteiger partial charge is 0.454 e. The van der Waals surface area contributed by atoms with Gasteiger partial charge in [0.1, 0.15) is 5.75 Å². The van der Waals surface area contributed by atoms with Gasteiger partial charge in [-0.3, -0.25) is 0 Å². The van der Waals surface area contributed by atoms with Crippen LogP contribution < -0.4 is 9.64 Å². The molecule has 0 unspecified atom stereocenters. The van der Waals surface area contributed by atoms with E-state index < -0.39 is 0 Å². The van der Waals surface area contributed by atoms with E-state index in [1.54, 1.807) is 0 Å². The third-order valence-electron chi connectivity index (χ3n) is 11.7. The molecule has 10 aromatic rings. The molecule has 1 aliphatic rings. The third kappa shape index (κ3) is 6.51. The second-order valence-electron chi connectivity index (χ2n) is 15.3. The summed E-state index contributed by atoms with van der Waals surface area (Å²) in [4.78, 5) is 2.33. The van der Waals surface area contributed by atoms with Gasteiger partial charge in [-0.25, -0.2) is 0 Å². The summed E-state index contributed by atoms with van der Waals surface area (Å²) in [5.74, 6) is 1.64. The lowest BCUT2D eigenvalue weighted by atomic mass is 9.90. The van der Waals surface area contributed by atoms with Crippen LogP contribution in [0.25, 0.3) is 77.5 Å². The van der Waals surface area contributed by atoms with Crippen molar-refractivity contribution < 1.29 is 4.74 Å². The summed E-state index contributed by atoms with van der Waals surface area (Å²) in [6.07, 6.45) is 0. The Morgan fingerprint density at radius 1 is 0.267 bits per heavy atom. The van der Waals surface area contributed by atoms with Crippen LogP contribution in [0.5, 0.6) is 11.5 Å². The molecule has 0 fully saturated rings. The maximum Gasteiger partial charge on any atom is 0.159 e. The summed E-state index contributed by atoms with van der Waals surface area (Å²) in [6.45, 7) is 0. The molecule has 11 rings (SSSR count). The van der Waals surface area contributed by atoms with Crippen molar-refractivity contribution in [1.29, 1.82) is 0 Å². The van der Waals surface area contributed by atoms with Gasteiger partial charge in [-0.2, -0.15) is 0 Å². The lowest BCUT2D eigenvalue weighted by Crippen LogP contribution is -2.11. The molecule has 0 atom stereocenters. The molecular weight excluding hydrogens is 727 g/mol. The van der Waals surface area contributed by atoms with E-state index in [-0.39, 0.29) is 0 Å². The Morgan fingerprint density at radius 2 is 0.667 bits per heavy atom. The quantitative estimate of drug-likeness (QED) is 0.160. The minimum absolute atomic E-state index is 0.813. The molecule has 0 aromatic heterocycles. The number of benzene rings is 10. The zero-order valence-corrected chi connectivity index (χ0v) is 32.9. The standard InChI is InChI=1S/C58H39NO/c1-4-13-40(14-5-1)43-23-25-44(26-24-43)46-29-34-51(35-30-46)59(50-32-27-45(28-33-50)41-15-6-2-7-16-41)56-22-12-21-52-53-37-47-19-10-11-20-48(47)38-54(53)55-39-49(42-17-8-3-9-18-42)31-36-57(55)60-58(52)56/h1-39H. The highest BCUT2D eigenvalue weighted by Gasteiger charge is 2.27. The zero-order valence-electron chi connectivity index (χ0n) is 32.9. The summed E-state index contributed by atoms with van der Waals surface area (Å²) < 4.78 is 7.25. The minimum atomic E-state index is 0.813. The monoisotopic (exact) mass is 765 g/mol. The SMILES string of the molecule is c1ccc(-c2ccc(-c3ccc(N(c4ccc(-c5ccccc5)cc4)c4cccc5c4Oc4ccc(-c6ccccc6)cc4-c4cc6ccccc6cc4-5)cc3)cc2)cc1. The minimum Gasteiger partial charge on any atom is -0.454 e. The molecule has 10 aromatic carbocycles. The Labute approximate surface area is 350 Å². The predicted octanol–water partition coefficient (Wildman–Crippen LogP) is 16.4. The molecule has 0 saturated heterocycles. The van der Waals surface area contributed by atoms with E-state index in [0.717, 1.165) is 61.9 Å². The molecule has 0 bridgehead atoms. The third-order valence-corrected chi connectivity index (χ3v) is 11.7. The molecule has 0 aliphatic carbocycles. The van der Waals surface area contributed by atoms with E-state index in [1.165, 1.54) is 44.2 Å². The molecule has 282 valence electrons. The van der Waals surface area contributed by atoms with Crippen molar-refractivity contribution in [3.8, 4) is 78.3 Å². The smallest absolute Gasteiger partial charge is 0.159 e. The van der Waals surface area contributed by atoms with Gasteiger partial charge in [0.15, 0.2) is 5.75 Å². The molecule has 0 amide bonds. The van der Waals surface area contributed by atoms with Gasteiger partial charge in [-0.1, -0.05) is 182 Å². The number of anilines is 3. The lowest BCUT2D eigenvalue weighted by Gasteiger charge is -2.28. The summed E-state index contributed by atoms with van der Waals surface area (Å²) >= 11 is 0. The van der Waals surface area contributed by atoms with Crippen LogP contribution in [0.2, 0.25) is 0 Å². The van der Waals surface area contributed by atoms with E-state index in [2.05, 4.69) is 241 Å². The summed E-state index contributed by atoms with van der Waals surface area (Å²) in [5.41, 5.74) is 16.9. The highest BCUT2D eigenvalue weighted by Crippen LogP contribution is 2.54. The van der Waals surface area contributed by atoms with Crippen LogP contribution in [0.3, 0.4) is 0 Å². The van der Waals surface area contributed by atoms with Gasteiger partial charge in [0.2, 0.25) is 0 Å². The van der Waals surface area contributed by atoms with Gasteiger partial charge in [0.25, 0.3) is 0 Å². The van der Waals surface area contributed by atoms with E-state index in [0.29, 0.717) is 0 Å². The Hall–Kier alpha value is -7.94. The first kappa shape index (κ1) is 35.2. The van der Waals surface area contributed by atoms with Crippen molar-refractivity contribution in [2.24, 2.45) is 0 Å². The van der Waals surface area contributed by atoms with Crippen LogP contribution in [0, 0.1) is 0 Å². The Balaban J connectivity index is 1.07. The van der Waals surface area contributed by atoms with Crippen molar-refractivity contribution in [1.82, 2.24) is 0 Å². The van der Waals surface area contributed by atoms with Crippen LogP contribution in [0.15, 0.2) is 237 Å². The van der Waals surface area contributed by atoms with E-state index in [4.69, 9.17) is 4.74 Å². The van der Waals surface area contributed by atoms with Gasteiger partial charge >= 0.3 is 0 Å². The first-order valence-corrected chi connectivity index (χ1v) is 20.5. The fraction of sp³-hybridized carbons (Fsp3) is 0. The van der Waals surface area contributed by atoms with Gasteiger partial charge < -0.3 is 9.64 Å². The molecule has 0 saturated carbocycles. The fourth-order valence-electron chi connectivity index (χ4n) is 8.61. The number of fused-ring (bicyclic) bond motifs is 6. The lowest BCUT2D eigenvalue weighted by molar-refractivity contribution is 0.489. The van der Waals surface area contributed by atoms with Gasteiger partial charge in [-0.15, -0.1) is 0 Å². The second-order valence-corrected chi connectivity index (χ2v) is 15.3. The van der Waals surface area contributed by atoms with Crippen LogP contribution in [0.1, 0.15) is 0 Å².